The minimum atomic E-state index is -0.279. The number of nitrogens with zero attached hydrogens (tertiary/aromatic N) is 2. The highest BCUT2D eigenvalue weighted by Gasteiger charge is 2.00. The lowest BCUT2D eigenvalue weighted by molar-refractivity contribution is 0.628. The Hall–Kier alpha value is -3.27. The van der Waals surface area contributed by atoms with E-state index in [2.05, 4.69) is 27.4 Å². The van der Waals surface area contributed by atoms with Crippen LogP contribution in [-0.2, 0) is 6.54 Å². The van der Waals surface area contributed by atoms with Crippen LogP contribution in [0.2, 0.25) is 0 Å². The summed E-state index contributed by atoms with van der Waals surface area (Å²) in [5, 5.41) is 3.36. The molecule has 3 rings (SSSR count). The summed E-state index contributed by atoms with van der Waals surface area (Å²) in [6, 6.07) is 22.2. The molecule has 1 aromatic heterocycles. The molecule has 0 bridgehead atoms. The fourth-order valence-corrected chi connectivity index (χ4v) is 2.49. The van der Waals surface area contributed by atoms with Gasteiger partial charge in [0.25, 0.3) is 0 Å². The van der Waals surface area contributed by atoms with Gasteiger partial charge in [0.05, 0.1) is 5.69 Å². The molecule has 0 unspecified atom stereocenters. The maximum Gasteiger partial charge on any atom is 0.129 e. The molecule has 2 aromatic carbocycles. The summed E-state index contributed by atoms with van der Waals surface area (Å²) < 4.78 is 13.5. The third-order valence-corrected chi connectivity index (χ3v) is 3.88. The van der Waals surface area contributed by atoms with Crippen molar-refractivity contribution < 1.29 is 4.39 Å². The summed E-state index contributed by atoms with van der Waals surface area (Å²) >= 11 is 0. The van der Waals surface area contributed by atoms with Crippen LogP contribution in [0.4, 0.5) is 10.2 Å². The highest BCUT2D eigenvalue weighted by Crippen LogP contribution is 2.17. The largest absolute Gasteiger partial charge is 0.366 e. The van der Waals surface area contributed by atoms with E-state index in [9.17, 15) is 4.39 Å². The Bertz CT molecular complexity index is 925. The smallest absolute Gasteiger partial charge is 0.129 e. The molecule has 0 aliphatic heterocycles. The molecular formula is C22H20FN3. The van der Waals surface area contributed by atoms with Gasteiger partial charge in [0.1, 0.15) is 11.6 Å². The number of hydrogen-bond donors (Lipinski definition) is 1. The van der Waals surface area contributed by atoms with E-state index in [1.54, 1.807) is 24.5 Å². The summed E-state index contributed by atoms with van der Waals surface area (Å²) in [5.74, 6) is 0.508. The minimum absolute atomic E-state index is 0.279. The monoisotopic (exact) mass is 345 g/mol. The van der Waals surface area contributed by atoms with Crippen molar-refractivity contribution in [2.75, 3.05) is 5.32 Å². The van der Waals surface area contributed by atoms with Crippen LogP contribution in [0.1, 0.15) is 11.1 Å². The number of hydrogen-bond acceptors (Lipinski definition) is 3. The fraction of sp³-hybridized carbons (Fsp3) is 0.0909. The molecule has 0 atom stereocenters. The number of rotatable bonds is 4. The molecule has 0 aliphatic rings. The average Bonchev–Trinajstić information content (AvgIpc) is 2.66. The third kappa shape index (κ3) is 4.86. The van der Waals surface area contributed by atoms with Crippen molar-refractivity contribution in [2.24, 2.45) is 0 Å². The average molecular weight is 345 g/mol. The highest BCUT2D eigenvalue weighted by molar-refractivity contribution is 5.58. The Morgan fingerprint density at radius 1 is 0.846 bits per heavy atom. The summed E-state index contributed by atoms with van der Waals surface area (Å²) in [7, 11) is 0. The molecule has 0 spiro atoms. The lowest BCUT2D eigenvalue weighted by Crippen LogP contribution is -2.01. The van der Waals surface area contributed by atoms with Crippen LogP contribution in [0.25, 0.3) is 11.3 Å². The zero-order chi connectivity index (χ0) is 18.2. The van der Waals surface area contributed by atoms with Gasteiger partial charge in [-0.1, -0.05) is 48.5 Å². The lowest BCUT2D eigenvalue weighted by Gasteiger charge is -2.07. The van der Waals surface area contributed by atoms with Crippen LogP contribution in [0.15, 0.2) is 85.2 Å². The van der Waals surface area contributed by atoms with Crippen LogP contribution >= 0.6 is 0 Å². The molecule has 0 saturated heterocycles. The van der Waals surface area contributed by atoms with E-state index in [0.29, 0.717) is 12.2 Å². The predicted molar refractivity (Wildman–Crippen MR) is 104 cm³/mol. The van der Waals surface area contributed by atoms with E-state index in [1.807, 2.05) is 43.3 Å². The fourth-order valence-electron chi connectivity index (χ4n) is 2.49. The summed E-state index contributed by atoms with van der Waals surface area (Å²) in [4.78, 5) is 8.87. The molecule has 26 heavy (non-hydrogen) atoms. The number of aromatic nitrogens is 2. The Balaban J connectivity index is 1.93. The van der Waals surface area contributed by atoms with Gasteiger partial charge in [-0.05, 0) is 42.3 Å². The van der Waals surface area contributed by atoms with Crippen molar-refractivity contribution in [1.29, 1.82) is 0 Å². The van der Waals surface area contributed by atoms with Crippen molar-refractivity contribution in [3.63, 3.8) is 0 Å². The zero-order valence-corrected chi connectivity index (χ0v) is 14.6. The first-order valence-corrected chi connectivity index (χ1v) is 8.42. The van der Waals surface area contributed by atoms with Gasteiger partial charge in [-0.25, -0.2) is 9.37 Å². The molecule has 1 heterocycles. The highest BCUT2D eigenvalue weighted by atomic mass is 19.1. The SMILES string of the molecule is Cc1ccc(-c2cccc(F)c2)ncccnc1NCc1ccccc1. The van der Waals surface area contributed by atoms with Gasteiger partial charge in [0.15, 0.2) is 0 Å². The van der Waals surface area contributed by atoms with Gasteiger partial charge in [-0.15, -0.1) is 0 Å². The third-order valence-electron chi connectivity index (χ3n) is 3.88. The maximum absolute atomic E-state index is 13.5. The van der Waals surface area contributed by atoms with Gasteiger partial charge in [0.2, 0.25) is 0 Å². The number of halogens is 1. The van der Waals surface area contributed by atoms with Gasteiger partial charge >= 0.3 is 0 Å². The topological polar surface area (TPSA) is 37.8 Å². The van der Waals surface area contributed by atoms with Crippen LogP contribution in [-0.4, -0.2) is 9.97 Å². The van der Waals surface area contributed by atoms with Gasteiger partial charge < -0.3 is 5.32 Å². The van der Waals surface area contributed by atoms with E-state index in [0.717, 1.165) is 16.9 Å². The first kappa shape index (κ1) is 17.5. The van der Waals surface area contributed by atoms with Crippen molar-refractivity contribution in [3.05, 3.63) is 102 Å². The van der Waals surface area contributed by atoms with Crippen molar-refractivity contribution in [3.8, 4) is 11.3 Å². The van der Waals surface area contributed by atoms with Crippen molar-refractivity contribution >= 4 is 5.82 Å². The summed E-state index contributed by atoms with van der Waals surface area (Å²) in [5.41, 5.74) is 3.58. The molecule has 0 radical (unpaired) electrons. The Kier molecular flexibility index (Phi) is 5.88. The van der Waals surface area contributed by atoms with E-state index < -0.39 is 0 Å². The molecule has 0 amide bonds. The predicted octanol–water partition coefficient (Wildman–Crippen LogP) is 5.33. The Morgan fingerprint density at radius 2 is 1.65 bits per heavy atom. The molecule has 130 valence electrons. The van der Waals surface area contributed by atoms with E-state index in [-0.39, 0.29) is 5.82 Å². The van der Waals surface area contributed by atoms with Gasteiger partial charge in [-0.3, -0.25) is 4.98 Å². The van der Waals surface area contributed by atoms with E-state index in [4.69, 9.17) is 0 Å². The molecule has 0 aliphatic carbocycles. The first-order chi connectivity index (χ1) is 12.7. The van der Waals surface area contributed by atoms with Gasteiger partial charge in [-0.2, -0.15) is 0 Å². The lowest BCUT2D eigenvalue weighted by atomic mass is 10.1. The van der Waals surface area contributed by atoms with Crippen LogP contribution < -0.4 is 5.32 Å². The maximum atomic E-state index is 13.5. The van der Waals surface area contributed by atoms with Crippen molar-refractivity contribution in [1.82, 2.24) is 9.97 Å². The zero-order valence-electron chi connectivity index (χ0n) is 14.6. The van der Waals surface area contributed by atoms with Crippen LogP contribution in [0.5, 0.6) is 0 Å². The Labute approximate surface area is 152 Å². The second-order valence-corrected chi connectivity index (χ2v) is 5.85. The number of benzene rings is 2. The standard InChI is InChI=1S/C22H20FN3/c1-17-11-12-21(19-9-5-10-20(23)15-19)24-13-6-14-25-22(17)26-16-18-7-3-2-4-8-18/h2-15H,16H2,1H3,(H,25,26). The van der Waals surface area contributed by atoms with E-state index in [1.165, 1.54) is 17.7 Å². The molecule has 0 saturated carbocycles. The van der Waals surface area contributed by atoms with Crippen LogP contribution in [0.3, 0.4) is 0 Å². The number of nitrogens with one attached hydrogen (secondary N) is 1. The molecule has 1 N–H and O–H groups in total. The van der Waals surface area contributed by atoms with Crippen molar-refractivity contribution in [2.45, 2.75) is 13.5 Å². The van der Waals surface area contributed by atoms with E-state index >= 15 is 0 Å². The molecule has 3 nitrogen and oxygen atoms in total. The molecule has 4 heteroatoms. The molecular weight excluding hydrogens is 325 g/mol. The molecule has 3 aromatic rings. The minimum Gasteiger partial charge on any atom is -0.366 e. The Morgan fingerprint density at radius 3 is 2.46 bits per heavy atom. The summed E-state index contributed by atoms with van der Waals surface area (Å²) in [6.07, 6.45) is 3.35. The second-order valence-electron chi connectivity index (χ2n) is 5.85. The summed E-state index contributed by atoms with van der Waals surface area (Å²) in [6.45, 7) is 2.67. The molecule has 0 fully saturated rings. The second kappa shape index (κ2) is 8.72. The first-order valence-electron chi connectivity index (χ1n) is 8.42. The quantitative estimate of drug-likeness (QED) is 0.695. The number of aryl methyl sites for hydroxylation is 1. The van der Waals surface area contributed by atoms with Crippen LogP contribution in [0, 0.1) is 12.7 Å². The van der Waals surface area contributed by atoms with Gasteiger partial charge in [0, 0.05) is 24.5 Å². The normalized spacial score (nSPS) is 10.1. The number of anilines is 1.